The van der Waals surface area contributed by atoms with Crippen molar-refractivity contribution in [2.45, 2.75) is 11.3 Å². The average molecular weight is 289 g/mol. The number of sulfone groups is 1. The van der Waals surface area contributed by atoms with E-state index >= 15 is 0 Å². The summed E-state index contributed by atoms with van der Waals surface area (Å²) in [6.45, 7) is 0.603. The van der Waals surface area contributed by atoms with Crippen molar-refractivity contribution >= 4 is 15.8 Å². The smallest absolute Gasteiger partial charge is 0.338 e. The first-order valence-electron chi connectivity index (χ1n) is 5.64. The minimum atomic E-state index is -3.59. The van der Waals surface area contributed by atoms with Crippen LogP contribution in [-0.4, -0.2) is 50.8 Å². The van der Waals surface area contributed by atoms with E-state index in [1.807, 2.05) is 19.0 Å². The first-order chi connectivity index (χ1) is 8.74. The predicted molar refractivity (Wildman–Crippen MR) is 68.6 cm³/mol. The van der Waals surface area contributed by atoms with Crippen molar-refractivity contribution in [3.63, 3.8) is 0 Å². The van der Waals surface area contributed by atoms with Crippen molar-refractivity contribution in [1.29, 1.82) is 0 Å². The number of carboxylic acids is 1. The topological polar surface area (TPSA) is 74.7 Å². The molecule has 0 heterocycles. The Morgan fingerprint density at radius 3 is 2.53 bits per heavy atom. The van der Waals surface area contributed by atoms with Gasteiger partial charge >= 0.3 is 5.97 Å². The SMILES string of the molecule is CN(C)CCCS(=O)(=O)c1ccc(F)c(C(=O)O)c1. The zero-order valence-corrected chi connectivity index (χ0v) is 11.6. The van der Waals surface area contributed by atoms with E-state index in [9.17, 15) is 17.6 Å². The van der Waals surface area contributed by atoms with Crippen LogP contribution in [0.5, 0.6) is 0 Å². The van der Waals surface area contributed by atoms with Gasteiger partial charge in [-0.25, -0.2) is 17.6 Å². The molecule has 0 aliphatic carbocycles. The Bertz CT molecular complexity index is 569. The van der Waals surface area contributed by atoms with E-state index < -0.39 is 27.2 Å². The fourth-order valence-corrected chi connectivity index (χ4v) is 2.87. The third-order valence-corrected chi connectivity index (χ3v) is 4.34. The quantitative estimate of drug-likeness (QED) is 0.798. The van der Waals surface area contributed by atoms with Gasteiger partial charge in [0.05, 0.1) is 16.2 Å². The number of halogens is 1. The summed E-state index contributed by atoms with van der Waals surface area (Å²) in [5.74, 6) is -2.53. The highest BCUT2D eigenvalue weighted by molar-refractivity contribution is 7.91. The van der Waals surface area contributed by atoms with E-state index in [0.717, 1.165) is 18.2 Å². The van der Waals surface area contributed by atoms with Gasteiger partial charge in [0.2, 0.25) is 0 Å². The number of carbonyl (C=O) groups is 1. The predicted octanol–water partition coefficient (Wildman–Crippen LogP) is 1.25. The summed E-state index contributed by atoms with van der Waals surface area (Å²) in [7, 11) is 0.0675. The molecule has 7 heteroatoms. The van der Waals surface area contributed by atoms with Crippen LogP contribution in [0.1, 0.15) is 16.8 Å². The Labute approximate surface area is 111 Å². The van der Waals surface area contributed by atoms with Gasteiger partial charge in [-0.15, -0.1) is 0 Å². The van der Waals surface area contributed by atoms with E-state index in [2.05, 4.69) is 0 Å². The number of hydrogen-bond acceptors (Lipinski definition) is 4. The van der Waals surface area contributed by atoms with Crippen LogP contribution in [0.2, 0.25) is 0 Å². The molecule has 5 nitrogen and oxygen atoms in total. The second-order valence-electron chi connectivity index (χ2n) is 4.42. The molecule has 0 aliphatic heterocycles. The first-order valence-corrected chi connectivity index (χ1v) is 7.29. The van der Waals surface area contributed by atoms with Crippen molar-refractivity contribution in [2.75, 3.05) is 26.4 Å². The standard InChI is InChI=1S/C12H16FNO4S/c1-14(2)6-3-7-19(17,18)9-4-5-11(13)10(8-9)12(15)16/h4-5,8H,3,6-7H2,1-2H3,(H,15,16). The van der Waals surface area contributed by atoms with Crippen LogP contribution in [0.15, 0.2) is 23.1 Å². The maximum Gasteiger partial charge on any atom is 0.338 e. The average Bonchev–Trinajstić information content (AvgIpc) is 2.27. The Kier molecular flexibility index (Phi) is 5.02. The lowest BCUT2D eigenvalue weighted by Gasteiger charge is -2.10. The molecule has 0 fully saturated rings. The van der Waals surface area contributed by atoms with Gasteiger partial charge in [0, 0.05) is 0 Å². The van der Waals surface area contributed by atoms with Gasteiger partial charge < -0.3 is 10.0 Å². The molecule has 0 aliphatic rings. The molecular formula is C12H16FNO4S. The van der Waals surface area contributed by atoms with Crippen LogP contribution in [0.3, 0.4) is 0 Å². The summed E-state index contributed by atoms with van der Waals surface area (Å²) >= 11 is 0. The molecule has 1 N–H and O–H groups in total. The largest absolute Gasteiger partial charge is 0.478 e. The number of benzene rings is 1. The molecule has 0 radical (unpaired) electrons. The van der Waals surface area contributed by atoms with Gasteiger partial charge in [-0.2, -0.15) is 0 Å². The summed E-state index contributed by atoms with van der Waals surface area (Å²) in [5, 5.41) is 8.76. The Morgan fingerprint density at radius 2 is 2.00 bits per heavy atom. The van der Waals surface area contributed by atoms with Crippen LogP contribution in [0.4, 0.5) is 4.39 Å². The van der Waals surface area contributed by atoms with Crippen LogP contribution >= 0.6 is 0 Å². The molecule has 0 atom stereocenters. The van der Waals surface area contributed by atoms with Crippen LogP contribution in [0.25, 0.3) is 0 Å². The van der Waals surface area contributed by atoms with Crippen molar-refractivity contribution in [3.8, 4) is 0 Å². The minimum absolute atomic E-state index is 0.101. The molecule has 0 bridgehead atoms. The summed E-state index contributed by atoms with van der Waals surface area (Å²) in [4.78, 5) is 12.5. The fourth-order valence-electron chi connectivity index (χ4n) is 1.55. The highest BCUT2D eigenvalue weighted by Crippen LogP contribution is 2.17. The van der Waals surface area contributed by atoms with Gasteiger partial charge in [-0.1, -0.05) is 0 Å². The van der Waals surface area contributed by atoms with Gasteiger partial charge in [-0.05, 0) is 45.3 Å². The second kappa shape index (κ2) is 6.12. The highest BCUT2D eigenvalue weighted by Gasteiger charge is 2.19. The second-order valence-corrected chi connectivity index (χ2v) is 6.53. The Hall–Kier alpha value is -1.47. The first kappa shape index (κ1) is 15.6. The van der Waals surface area contributed by atoms with E-state index in [1.54, 1.807) is 0 Å². The molecule has 1 aromatic carbocycles. The molecular weight excluding hydrogens is 273 g/mol. The summed E-state index contributed by atoms with van der Waals surface area (Å²) in [6.07, 6.45) is 0.426. The molecule has 1 aromatic rings. The maximum atomic E-state index is 13.2. The molecule has 0 amide bonds. The Morgan fingerprint density at radius 1 is 1.37 bits per heavy atom. The third-order valence-electron chi connectivity index (χ3n) is 2.55. The lowest BCUT2D eigenvalue weighted by molar-refractivity contribution is 0.0691. The summed E-state index contributed by atoms with van der Waals surface area (Å²) < 4.78 is 37.1. The molecule has 0 saturated carbocycles. The third kappa shape index (κ3) is 4.29. The van der Waals surface area contributed by atoms with Crippen molar-refractivity contribution in [2.24, 2.45) is 0 Å². The maximum absolute atomic E-state index is 13.2. The molecule has 19 heavy (non-hydrogen) atoms. The minimum Gasteiger partial charge on any atom is -0.478 e. The molecule has 0 saturated heterocycles. The fraction of sp³-hybridized carbons (Fsp3) is 0.417. The number of nitrogens with zero attached hydrogens (tertiary/aromatic N) is 1. The zero-order valence-electron chi connectivity index (χ0n) is 10.8. The summed E-state index contributed by atoms with van der Waals surface area (Å²) in [5.41, 5.74) is -0.631. The lowest BCUT2D eigenvalue weighted by Crippen LogP contribution is -2.17. The van der Waals surface area contributed by atoms with Gasteiger partial charge in [-0.3, -0.25) is 0 Å². The van der Waals surface area contributed by atoms with E-state index in [4.69, 9.17) is 5.11 Å². The number of hydrogen-bond donors (Lipinski definition) is 1. The van der Waals surface area contributed by atoms with Gasteiger partial charge in [0.1, 0.15) is 5.82 Å². The number of rotatable bonds is 6. The zero-order chi connectivity index (χ0) is 14.6. The van der Waals surface area contributed by atoms with E-state index in [1.165, 1.54) is 0 Å². The molecule has 0 aromatic heterocycles. The summed E-state index contributed by atoms with van der Waals surface area (Å²) in [6, 6.07) is 2.82. The molecule has 1 rings (SSSR count). The van der Waals surface area contributed by atoms with E-state index in [-0.39, 0.29) is 10.6 Å². The monoisotopic (exact) mass is 289 g/mol. The normalized spacial score (nSPS) is 11.8. The van der Waals surface area contributed by atoms with Crippen LogP contribution < -0.4 is 0 Å². The Balaban J connectivity index is 2.96. The van der Waals surface area contributed by atoms with E-state index in [0.29, 0.717) is 13.0 Å². The van der Waals surface area contributed by atoms with Gasteiger partial charge in [0.25, 0.3) is 0 Å². The molecule has 0 unspecified atom stereocenters. The molecule has 106 valence electrons. The van der Waals surface area contributed by atoms with Crippen LogP contribution in [0, 0.1) is 5.82 Å². The van der Waals surface area contributed by atoms with Crippen LogP contribution in [-0.2, 0) is 9.84 Å². The van der Waals surface area contributed by atoms with Crippen molar-refractivity contribution in [1.82, 2.24) is 4.90 Å². The molecule has 0 spiro atoms. The lowest BCUT2D eigenvalue weighted by atomic mass is 10.2. The highest BCUT2D eigenvalue weighted by atomic mass is 32.2. The number of carboxylic acid groups (broad SMARTS) is 1. The van der Waals surface area contributed by atoms with Crippen molar-refractivity contribution < 1.29 is 22.7 Å². The van der Waals surface area contributed by atoms with Crippen molar-refractivity contribution in [3.05, 3.63) is 29.6 Å². The number of aromatic carboxylic acids is 1. The van der Waals surface area contributed by atoms with Gasteiger partial charge in [0.15, 0.2) is 9.84 Å².